The first kappa shape index (κ1) is 14.9. The van der Waals surface area contributed by atoms with Gasteiger partial charge in [0.1, 0.15) is 0 Å². The maximum Gasteiger partial charge on any atom is 0.0105 e. The molecule has 17 heavy (non-hydrogen) atoms. The Hall–Kier alpha value is -0.120. The summed E-state index contributed by atoms with van der Waals surface area (Å²) in [6, 6.07) is 0.711. The van der Waals surface area contributed by atoms with Gasteiger partial charge in [-0.2, -0.15) is 0 Å². The first-order chi connectivity index (χ1) is 8.04. The quantitative estimate of drug-likeness (QED) is 0.760. The Kier molecular flexibility index (Phi) is 6.45. The van der Waals surface area contributed by atoms with Gasteiger partial charge < -0.3 is 15.1 Å². The van der Waals surface area contributed by atoms with Crippen molar-refractivity contribution >= 4 is 0 Å². The fourth-order valence-corrected chi connectivity index (χ4v) is 2.91. The molecule has 0 radical (unpaired) electrons. The van der Waals surface area contributed by atoms with E-state index in [1.807, 2.05) is 7.05 Å². The van der Waals surface area contributed by atoms with Crippen LogP contribution in [0.3, 0.4) is 0 Å². The van der Waals surface area contributed by atoms with Crippen LogP contribution in [0.25, 0.3) is 0 Å². The molecule has 2 atom stereocenters. The lowest BCUT2D eigenvalue weighted by Gasteiger charge is -2.39. The molecule has 1 N–H and O–H groups in total. The molecule has 0 aromatic carbocycles. The van der Waals surface area contributed by atoms with Gasteiger partial charge in [0.05, 0.1) is 0 Å². The van der Waals surface area contributed by atoms with Gasteiger partial charge in [-0.3, -0.25) is 0 Å². The maximum atomic E-state index is 3.29. The van der Waals surface area contributed by atoms with Crippen LogP contribution in [0, 0.1) is 11.8 Å². The number of piperidine rings is 1. The van der Waals surface area contributed by atoms with E-state index in [4.69, 9.17) is 0 Å². The SMILES string of the molecule is CNCC(C)C(C)N1CCC(CN(C)C)CC1. The molecule has 1 saturated heterocycles. The normalized spacial score (nSPS) is 22.9. The average molecular weight is 241 g/mol. The molecule has 102 valence electrons. The number of nitrogens with zero attached hydrogens (tertiary/aromatic N) is 2. The van der Waals surface area contributed by atoms with Gasteiger partial charge in [0, 0.05) is 12.6 Å². The fraction of sp³-hybridized carbons (Fsp3) is 1.00. The largest absolute Gasteiger partial charge is 0.319 e. The van der Waals surface area contributed by atoms with Gasteiger partial charge >= 0.3 is 0 Å². The summed E-state index contributed by atoms with van der Waals surface area (Å²) < 4.78 is 0. The molecule has 3 nitrogen and oxygen atoms in total. The van der Waals surface area contributed by atoms with Gasteiger partial charge in [0.25, 0.3) is 0 Å². The van der Waals surface area contributed by atoms with Crippen LogP contribution >= 0.6 is 0 Å². The molecular weight excluding hydrogens is 210 g/mol. The van der Waals surface area contributed by atoms with Gasteiger partial charge in [-0.25, -0.2) is 0 Å². The van der Waals surface area contributed by atoms with E-state index in [1.54, 1.807) is 0 Å². The van der Waals surface area contributed by atoms with E-state index in [0.717, 1.165) is 18.4 Å². The van der Waals surface area contributed by atoms with E-state index in [1.165, 1.54) is 32.5 Å². The summed E-state index contributed by atoms with van der Waals surface area (Å²) in [6.45, 7) is 9.69. The second-order valence-electron chi connectivity index (χ2n) is 6.02. The van der Waals surface area contributed by atoms with E-state index in [0.29, 0.717) is 6.04 Å². The third-order valence-electron chi connectivity index (χ3n) is 4.20. The van der Waals surface area contributed by atoms with Crippen molar-refractivity contribution in [2.45, 2.75) is 32.7 Å². The van der Waals surface area contributed by atoms with Crippen molar-refractivity contribution in [1.82, 2.24) is 15.1 Å². The van der Waals surface area contributed by atoms with Crippen LogP contribution in [0.5, 0.6) is 0 Å². The second-order valence-corrected chi connectivity index (χ2v) is 6.02. The van der Waals surface area contributed by atoms with E-state index in [9.17, 15) is 0 Å². The molecule has 0 aromatic rings. The predicted molar refractivity (Wildman–Crippen MR) is 75.4 cm³/mol. The highest BCUT2D eigenvalue weighted by atomic mass is 15.2. The number of nitrogens with one attached hydrogen (secondary N) is 1. The standard InChI is InChI=1S/C14H31N3/c1-12(10-15-3)13(2)17-8-6-14(7-9-17)11-16(4)5/h12-15H,6-11H2,1-5H3. The first-order valence-corrected chi connectivity index (χ1v) is 7.08. The van der Waals surface area contributed by atoms with Crippen LogP contribution in [0.15, 0.2) is 0 Å². The minimum atomic E-state index is 0.711. The smallest absolute Gasteiger partial charge is 0.0105 e. The third kappa shape index (κ3) is 4.94. The van der Waals surface area contributed by atoms with Crippen molar-refractivity contribution in [3.8, 4) is 0 Å². The van der Waals surface area contributed by atoms with Crippen molar-refractivity contribution in [3.63, 3.8) is 0 Å². The Bertz CT molecular complexity index is 198. The van der Waals surface area contributed by atoms with Crippen molar-refractivity contribution < 1.29 is 0 Å². The van der Waals surface area contributed by atoms with Gasteiger partial charge in [-0.15, -0.1) is 0 Å². The van der Waals surface area contributed by atoms with Crippen molar-refractivity contribution in [3.05, 3.63) is 0 Å². The highest BCUT2D eigenvalue weighted by Crippen LogP contribution is 2.21. The summed E-state index contributed by atoms with van der Waals surface area (Å²) in [5.74, 6) is 1.65. The molecule has 1 aliphatic rings. The summed E-state index contributed by atoms with van der Waals surface area (Å²) in [5, 5.41) is 3.29. The van der Waals surface area contributed by atoms with E-state index in [2.05, 4.69) is 43.1 Å². The topological polar surface area (TPSA) is 18.5 Å². The summed E-state index contributed by atoms with van der Waals surface area (Å²) in [7, 11) is 6.42. The summed E-state index contributed by atoms with van der Waals surface area (Å²) in [4.78, 5) is 5.00. The highest BCUT2D eigenvalue weighted by molar-refractivity contribution is 4.80. The minimum Gasteiger partial charge on any atom is -0.319 e. The lowest BCUT2D eigenvalue weighted by Crippen LogP contribution is -2.46. The Morgan fingerprint density at radius 1 is 1.24 bits per heavy atom. The second kappa shape index (κ2) is 7.34. The monoisotopic (exact) mass is 241 g/mol. The van der Waals surface area contributed by atoms with Crippen LogP contribution < -0.4 is 5.32 Å². The Balaban J connectivity index is 2.30. The zero-order valence-corrected chi connectivity index (χ0v) is 12.4. The fourth-order valence-electron chi connectivity index (χ4n) is 2.91. The van der Waals surface area contributed by atoms with E-state index < -0.39 is 0 Å². The maximum absolute atomic E-state index is 3.29. The molecule has 0 saturated carbocycles. The molecule has 2 unspecified atom stereocenters. The van der Waals surface area contributed by atoms with Crippen molar-refractivity contribution in [1.29, 1.82) is 0 Å². The van der Waals surface area contributed by atoms with Crippen LogP contribution in [-0.4, -0.2) is 63.2 Å². The minimum absolute atomic E-state index is 0.711. The summed E-state index contributed by atoms with van der Waals surface area (Å²) in [5.41, 5.74) is 0. The zero-order valence-electron chi connectivity index (χ0n) is 12.4. The molecule has 1 heterocycles. The highest BCUT2D eigenvalue weighted by Gasteiger charge is 2.25. The van der Waals surface area contributed by atoms with E-state index >= 15 is 0 Å². The molecular formula is C14H31N3. The lowest BCUT2D eigenvalue weighted by molar-refractivity contribution is 0.100. The van der Waals surface area contributed by atoms with Gasteiger partial charge in [0.2, 0.25) is 0 Å². The van der Waals surface area contributed by atoms with Crippen molar-refractivity contribution in [2.24, 2.45) is 11.8 Å². The summed E-state index contributed by atoms with van der Waals surface area (Å²) in [6.07, 6.45) is 2.74. The van der Waals surface area contributed by atoms with Crippen LogP contribution in [0.4, 0.5) is 0 Å². The molecule has 0 bridgehead atoms. The Morgan fingerprint density at radius 3 is 2.29 bits per heavy atom. The molecule has 1 aliphatic heterocycles. The van der Waals surface area contributed by atoms with E-state index in [-0.39, 0.29) is 0 Å². The molecule has 0 aromatic heterocycles. The predicted octanol–water partition coefficient (Wildman–Crippen LogP) is 1.50. The average Bonchev–Trinajstić information content (AvgIpc) is 2.28. The van der Waals surface area contributed by atoms with Gasteiger partial charge in [-0.05, 0) is 72.4 Å². The number of rotatable bonds is 6. The number of likely N-dealkylation sites (tertiary alicyclic amines) is 1. The number of hydrogen-bond donors (Lipinski definition) is 1. The Labute approximate surface area is 108 Å². The van der Waals surface area contributed by atoms with Crippen LogP contribution in [-0.2, 0) is 0 Å². The molecule has 1 fully saturated rings. The van der Waals surface area contributed by atoms with Crippen LogP contribution in [0.1, 0.15) is 26.7 Å². The summed E-state index contributed by atoms with van der Waals surface area (Å²) >= 11 is 0. The molecule has 0 spiro atoms. The molecule has 0 amide bonds. The number of hydrogen-bond acceptors (Lipinski definition) is 3. The lowest BCUT2D eigenvalue weighted by atomic mass is 9.93. The molecule has 3 heteroatoms. The first-order valence-electron chi connectivity index (χ1n) is 7.08. The van der Waals surface area contributed by atoms with Gasteiger partial charge in [0.15, 0.2) is 0 Å². The Morgan fingerprint density at radius 2 is 1.82 bits per heavy atom. The van der Waals surface area contributed by atoms with Crippen molar-refractivity contribution in [2.75, 3.05) is 47.3 Å². The molecule has 1 rings (SSSR count). The van der Waals surface area contributed by atoms with Gasteiger partial charge in [-0.1, -0.05) is 6.92 Å². The van der Waals surface area contributed by atoms with Crippen LogP contribution in [0.2, 0.25) is 0 Å². The third-order valence-corrected chi connectivity index (χ3v) is 4.20. The zero-order chi connectivity index (χ0) is 12.8. The molecule has 0 aliphatic carbocycles.